The standard InChI is InChI=1S/C13H15F3N2O2/c14-13(15,16)11-5-4-9(7-17-11)10-3-1-2-6-18(10)8-12(19)20/h4-5,7,10H,1-3,6,8H2,(H,19,20). The van der Waals surface area contributed by atoms with Crippen LogP contribution in [0.15, 0.2) is 18.3 Å². The van der Waals surface area contributed by atoms with Gasteiger partial charge in [-0.25, -0.2) is 0 Å². The normalized spacial score (nSPS) is 20.9. The molecular formula is C13H15F3N2O2. The molecular weight excluding hydrogens is 273 g/mol. The minimum atomic E-state index is -4.45. The van der Waals surface area contributed by atoms with Gasteiger partial charge >= 0.3 is 12.1 Å². The molecule has 1 atom stereocenters. The second-order valence-corrected chi connectivity index (χ2v) is 4.85. The van der Waals surface area contributed by atoms with Gasteiger partial charge in [0.25, 0.3) is 0 Å². The van der Waals surface area contributed by atoms with Crippen LogP contribution in [-0.2, 0) is 11.0 Å². The number of carbonyl (C=O) groups is 1. The smallest absolute Gasteiger partial charge is 0.433 e. The predicted octanol–water partition coefficient (Wildman–Crippen LogP) is 2.71. The Morgan fingerprint density at radius 1 is 1.40 bits per heavy atom. The highest BCUT2D eigenvalue weighted by molar-refractivity contribution is 5.69. The van der Waals surface area contributed by atoms with E-state index in [4.69, 9.17) is 5.11 Å². The molecule has 7 heteroatoms. The van der Waals surface area contributed by atoms with Crippen molar-refractivity contribution in [1.82, 2.24) is 9.88 Å². The SMILES string of the molecule is O=C(O)CN1CCCCC1c1ccc(C(F)(F)F)nc1. The van der Waals surface area contributed by atoms with Crippen molar-refractivity contribution in [2.24, 2.45) is 0 Å². The van der Waals surface area contributed by atoms with E-state index in [0.29, 0.717) is 12.1 Å². The summed E-state index contributed by atoms with van der Waals surface area (Å²) in [6, 6.07) is 2.17. The number of likely N-dealkylation sites (tertiary alicyclic amines) is 1. The first kappa shape index (κ1) is 14.8. The van der Waals surface area contributed by atoms with Crippen LogP contribution in [0.3, 0.4) is 0 Å². The predicted molar refractivity (Wildman–Crippen MR) is 65.0 cm³/mol. The van der Waals surface area contributed by atoms with Crippen molar-refractivity contribution >= 4 is 5.97 Å². The summed E-state index contributed by atoms with van der Waals surface area (Å²) in [5.74, 6) is -0.934. The van der Waals surface area contributed by atoms with Crippen LogP contribution in [0.5, 0.6) is 0 Å². The first-order valence-corrected chi connectivity index (χ1v) is 6.37. The number of rotatable bonds is 3. The van der Waals surface area contributed by atoms with Gasteiger partial charge in [0.2, 0.25) is 0 Å². The molecule has 1 aromatic rings. The highest BCUT2D eigenvalue weighted by Crippen LogP contribution is 2.32. The number of aliphatic carboxylic acids is 1. The minimum absolute atomic E-state index is 0.105. The summed E-state index contributed by atoms with van der Waals surface area (Å²) < 4.78 is 37.4. The van der Waals surface area contributed by atoms with E-state index in [2.05, 4.69) is 4.98 Å². The lowest BCUT2D eigenvalue weighted by atomic mass is 9.96. The van der Waals surface area contributed by atoms with Crippen LogP contribution in [0.2, 0.25) is 0 Å². The van der Waals surface area contributed by atoms with E-state index in [1.165, 1.54) is 12.3 Å². The average Bonchev–Trinajstić information content (AvgIpc) is 2.38. The van der Waals surface area contributed by atoms with Gasteiger partial charge in [-0.05, 0) is 31.0 Å². The number of piperidine rings is 1. The summed E-state index contributed by atoms with van der Waals surface area (Å²) in [7, 11) is 0. The van der Waals surface area contributed by atoms with Crippen molar-refractivity contribution in [2.75, 3.05) is 13.1 Å². The third-order valence-corrected chi connectivity index (χ3v) is 3.41. The summed E-state index contributed by atoms with van der Waals surface area (Å²) in [6.45, 7) is 0.531. The van der Waals surface area contributed by atoms with Crippen molar-refractivity contribution in [1.29, 1.82) is 0 Å². The molecule has 0 radical (unpaired) electrons. The lowest BCUT2D eigenvalue weighted by Gasteiger charge is -2.34. The van der Waals surface area contributed by atoms with Gasteiger partial charge < -0.3 is 5.11 Å². The zero-order chi connectivity index (χ0) is 14.8. The second kappa shape index (κ2) is 5.78. The van der Waals surface area contributed by atoms with Crippen molar-refractivity contribution in [3.8, 4) is 0 Å². The molecule has 0 amide bonds. The van der Waals surface area contributed by atoms with E-state index in [1.807, 2.05) is 0 Å². The largest absolute Gasteiger partial charge is 0.480 e. The number of carboxylic acid groups (broad SMARTS) is 1. The van der Waals surface area contributed by atoms with Crippen LogP contribution in [-0.4, -0.2) is 34.0 Å². The maximum absolute atomic E-state index is 12.5. The maximum atomic E-state index is 12.5. The number of halogens is 3. The summed E-state index contributed by atoms with van der Waals surface area (Å²) in [5.41, 5.74) is -0.291. The van der Waals surface area contributed by atoms with Gasteiger partial charge in [0, 0.05) is 12.2 Å². The van der Waals surface area contributed by atoms with E-state index in [9.17, 15) is 18.0 Å². The quantitative estimate of drug-likeness (QED) is 0.929. The van der Waals surface area contributed by atoms with Gasteiger partial charge in [0.15, 0.2) is 0 Å². The maximum Gasteiger partial charge on any atom is 0.433 e. The van der Waals surface area contributed by atoms with Crippen LogP contribution in [0, 0.1) is 0 Å². The Morgan fingerprint density at radius 2 is 2.15 bits per heavy atom. The van der Waals surface area contributed by atoms with E-state index in [0.717, 1.165) is 25.3 Å². The van der Waals surface area contributed by atoms with Crippen molar-refractivity contribution in [3.05, 3.63) is 29.6 Å². The Labute approximate surface area is 114 Å². The number of carboxylic acids is 1. The first-order valence-electron chi connectivity index (χ1n) is 6.37. The molecule has 0 saturated carbocycles. The van der Waals surface area contributed by atoms with Gasteiger partial charge in [0.1, 0.15) is 5.69 Å². The molecule has 4 nitrogen and oxygen atoms in total. The molecule has 0 spiro atoms. The Hall–Kier alpha value is -1.63. The topological polar surface area (TPSA) is 53.4 Å². The summed E-state index contributed by atoms with van der Waals surface area (Å²) >= 11 is 0. The molecule has 20 heavy (non-hydrogen) atoms. The third kappa shape index (κ3) is 3.47. The number of alkyl halides is 3. The Bertz CT molecular complexity index is 473. The highest BCUT2D eigenvalue weighted by atomic mass is 19.4. The second-order valence-electron chi connectivity index (χ2n) is 4.85. The summed E-state index contributed by atoms with van der Waals surface area (Å²) in [4.78, 5) is 16.0. The van der Waals surface area contributed by atoms with Gasteiger partial charge in [-0.3, -0.25) is 14.7 Å². The number of aromatic nitrogens is 1. The molecule has 1 fully saturated rings. The molecule has 0 bridgehead atoms. The van der Waals surface area contributed by atoms with Crippen molar-refractivity contribution < 1.29 is 23.1 Å². The van der Waals surface area contributed by atoms with Gasteiger partial charge in [-0.1, -0.05) is 12.5 Å². The van der Waals surface area contributed by atoms with E-state index in [-0.39, 0.29) is 12.6 Å². The van der Waals surface area contributed by atoms with Crippen LogP contribution in [0.4, 0.5) is 13.2 Å². The van der Waals surface area contributed by atoms with Gasteiger partial charge in [0.05, 0.1) is 6.54 Å². The van der Waals surface area contributed by atoms with Crippen LogP contribution in [0.1, 0.15) is 36.6 Å². The Morgan fingerprint density at radius 3 is 2.70 bits per heavy atom. The molecule has 0 aromatic carbocycles. The number of hydrogen-bond acceptors (Lipinski definition) is 3. The fourth-order valence-corrected chi connectivity index (χ4v) is 2.50. The molecule has 1 aromatic heterocycles. The Kier molecular flexibility index (Phi) is 4.27. The third-order valence-electron chi connectivity index (χ3n) is 3.41. The number of pyridine rings is 1. The lowest BCUT2D eigenvalue weighted by Crippen LogP contribution is -2.37. The highest BCUT2D eigenvalue weighted by Gasteiger charge is 2.33. The zero-order valence-electron chi connectivity index (χ0n) is 10.7. The minimum Gasteiger partial charge on any atom is -0.480 e. The average molecular weight is 288 g/mol. The van der Waals surface area contributed by atoms with Crippen molar-refractivity contribution in [2.45, 2.75) is 31.5 Å². The summed E-state index contributed by atoms with van der Waals surface area (Å²) in [6.07, 6.45) is -0.681. The number of nitrogens with zero attached hydrogens (tertiary/aromatic N) is 2. The van der Waals surface area contributed by atoms with Gasteiger partial charge in [-0.15, -0.1) is 0 Å². The van der Waals surface area contributed by atoms with E-state index >= 15 is 0 Å². The lowest BCUT2D eigenvalue weighted by molar-refractivity contribution is -0.141. The first-order chi connectivity index (χ1) is 9.38. The molecule has 0 aliphatic carbocycles. The molecule has 1 saturated heterocycles. The molecule has 1 unspecified atom stereocenters. The molecule has 110 valence electrons. The molecule has 2 heterocycles. The van der Waals surface area contributed by atoms with Crippen LogP contribution in [0.25, 0.3) is 0 Å². The molecule has 1 aliphatic rings. The fourth-order valence-electron chi connectivity index (χ4n) is 2.50. The molecule has 1 N–H and O–H groups in total. The number of hydrogen-bond donors (Lipinski definition) is 1. The van der Waals surface area contributed by atoms with Crippen LogP contribution < -0.4 is 0 Å². The molecule has 2 rings (SSSR count). The van der Waals surface area contributed by atoms with E-state index < -0.39 is 17.8 Å². The summed E-state index contributed by atoms with van der Waals surface area (Å²) in [5, 5.41) is 8.88. The van der Waals surface area contributed by atoms with Crippen molar-refractivity contribution in [3.63, 3.8) is 0 Å². The Balaban J connectivity index is 2.17. The van der Waals surface area contributed by atoms with Gasteiger partial charge in [-0.2, -0.15) is 13.2 Å². The zero-order valence-corrected chi connectivity index (χ0v) is 10.7. The fraction of sp³-hybridized carbons (Fsp3) is 0.538. The van der Waals surface area contributed by atoms with Crippen LogP contribution >= 0.6 is 0 Å². The monoisotopic (exact) mass is 288 g/mol. The van der Waals surface area contributed by atoms with E-state index in [1.54, 1.807) is 4.90 Å². The molecule has 1 aliphatic heterocycles.